The van der Waals surface area contributed by atoms with Crippen LogP contribution < -0.4 is 0 Å². The number of hydrogen-bond donors (Lipinski definition) is 0. The van der Waals surface area contributed by atoms with Crippen LogP contribution in [0.25, 0.3) is 0 Å². The molecular formula is C11H28O6Si2. The Morgan fingerprint density at radius 3 is 1.47 bits per heavy atom. The molecule has 0 heterocycles. The highest BCUT2D eigenvalue weighted by atomic mass is 28.4. The zero-order chi connectivity index (χ0) is 15.2. The zero-order valence-electron chi connectivity index (χ0n) is 13.4. The molecule has 0 amide bonds. The van der Waals surface area contributed by atoms with Gasteiger partial charge in [0.05, 0.1) is 0 Å². The largest absolute Gasteiger partial charge is 0.398 e. The Hall–Kier alpha value is 0.194. The van der Waals surface area contributed by atoms with Gasteiger partial charge in [0.25, 0.3) is 0 Å². The molecular weight excluding hydrogens is 284 g/mol. The lowest BCUT2D eigenvalue weighted by atomic mass is 10.4. The van der Waals surface area contributed by atoms with Gasteiger partial charge < -0.3 is 27.2 Å². The van der Waals surface area contributed by atoms with Gasteiger partial charge in [-0.2, -0.15) is 0 Å². The predicted molar refractivity (Wildman–Crippen MR) is 77.4 cm³/mol. The molecule has 0 aromatic carbocycles. The third-order valence-corrected chi connectivity index (χ3v) is 12.8. The maximum Gasteiger partial charge on any atom is 0.344 e. The minimum atomic E-state index is -2.54. The molecule has 116 valence electrons. The van der Waals surface area contributed by atoms with Crippen molar-refractivity contribution >= 4 is 17.1 Å². The Bertz CT molecular complexity index is 230. The second kappa shape index (κ2) is 7.84. The SMILES string of the molecule is COC(C)(C[Si](C[Si](C)(OC)OC)(OC)OC)OC. The minimum absolute atomic E-state index is 0.537. The molecule has 0 rings (SSSR count). The lowest BCUT2D eigenvalue weighted by Gasteiger charge is -2.38. The van der Waals surface area contributed by atoms with Crippen molar-refractivity contribution in [3.8, 4) is 0 Å². The summed E-state index contributed by atoms with van der Waals surface area (Å²) in [5, 5.41) is 0. The highest BCUT2D eigenvalue weighted by molar-refractivity contribution is 6.85. The topological polar surface area (TPSA) is 55.4 Å². The van der Waals surface area contributed by atoms with Crippen LogP contribution in [0.1, 0.15) is 6.92 Å². The van der Waals surface area contributed by atoms with Gasteiger partial charge >= 0.3 is 17.1 Å². The van der Waals surface area contributed by atoms with Crippen molar-refractivity contribution in [2.24, 2.45) is 0 Å². The average molecular weight is 313 g/mol. The van der Waals surface area contributed by atoms with E-state index in [1.165, 1.54) is 0 Å². The van der Waals surface area contributed by atoms with Crippen LogP contribution in [0.2, 0.25) is 18.3 Å². The fraction of sp³-hybridized carbons (Fsp3) is 1.00. The zero-order valence-corrected chi connectivity index (χ0v) is 15.4. The summed E-state index contributed by atoms with van der Waals surface area (Å²) < 4.78 is 33.3. The van der Waals surface area contributed by atoms with Crippen LogP contribution in [-0.4, -0.2) is 65.6 Å². The Morgan fingerprint density at radius 2 is 1.21 bits per heavy atom. The molecule has 0 atom stereocenters. The van der Waals surface area contributed by atoms with Gasteiger partial charge in [0.15, 0.2) is 5.79 Å². The first-order valence-electron chi connectivity index (χ1n) is 6.09. The van der Waals surface area contributed by atoms with Gasteiger partial charge in [-0.15, -0.1) is 0 Å². The molecule has 0 aromatic rings. The predicted octanol–water partition coefficient (Wildman–Crippen LogP) is 1.63. The summed E-state index contributed by atoms with van der Waals surface area (Å²) in [4.78, 5) is 0. The Kier molecular flexibility index (Phi) is 7.92. The molecule has 0 N–H and O–H groups in total. The van der Waals surface area contributed by atoms with E-state index in [0.717, 1.165) is 0 Å². The van der Waals surface area contributed by atoms with Crippen molar-refractivity contribution in [3.63, 3.8) is 0 Å². The third-order valence-electron chi connectivity index (χ3n) is 3.65. The molecule has 0 aromatic heterocycles. The van der Waals surface area contributed by atoms with Gasteiger partial charge in [0.2, 0.25) is 0 Å². The van der Waals surface area contributed by atoms with Gasteiger partial charge in [0.1, 0.15) is 0 Å². The van der Waals surface area contributed by atoms with Crippen LogP contribution in [0.4, 0.5) is 0 Å². The van der Waals surface area contributed by atoms with Crippen LogP contribution in [0.3, 0.4) is 0 Å². The van der Waals surface area contributed by atoms with Crippen LogP contribution >= 0.6 is 0 Å². The Morgan fingerprint density at radius 1 is 0.789 bits per heavy atom. The van der Waals surface area contributed by atoms with Crippen LogP contribution in [-0.2, 0) is 27.2 Å². The third kappa shape index (κ3) is 5.23. The van der Waals surface area contributed by atoms with E-state index >= 15 is 0 Å². The molecule has 0 aliphatic rings. The molecule has 0 fully saturated rings. The summed E-state index contributed by atoms with van der Waals surface area (Å²) in [7, 11) is 5.01. The molecule has 0 spiro atoms. The molecule has 6 nitrogen and oxygen atoms in total. The summed E-state index contributed by atoms with van der Waals surface area (Å²) >= 11 is 0. The average Bonchev–Trinajstić information content (AvgIpc) is 2.46. The van der Waals surface area contributed by atoms with E-state index < -0.39 is 22.9 Å². The Balaban J connectivity index is 5.15. The molecule has 19 heavy (non-hydrogen) atoms. The molecule has 8 heteroatoms. The minimum Gasteiger partial charge on any atom is -0.398 e. The van der Waals surface area contributed by atoms with E-state index in [2.05, 4.69) is 0 Å². The standard InChI is InChI=1S/C11H28O6Si2/c1-11(12-2,13-3)9-19(16-6,17-7)10-18(8,14-4)15-5/h9-10H2,1-8H3. The number of ether oxygens (including phenoxy) is 2. The summed E-state index contributed by atoms with van der Waals surface area (Å²) in [6, 6.07) is 0.537. The maximum absolute atomic E-state index is 5.72. The van der Waals surface area contributed by atoms with E-state index in [-0.39, 0.29) is 0 Å². The van der Waals surface area contributed by atoms with E-state index in [1.807, 2.05) is 13.5 Å². The molecule has 0 saturated carbocycles. The number of rotatable bonds is 10. The number of methoxy groups -OCH3 is 2. The van der Waals surface area contributed by atoms with Crippen molar-refractivity contribution in [3.05, 3.63) is 0 Å². The van der Waals surface area contributed by atoms with Gasteiger partial charge in [-0.1, -0.05) is 0 Å². The summed E-state index contributed by atoms with van der Waals surface area (Å²) in [5.41, 5.74) is 0.641. The normalized spacial score (nSPS) is 13.9. The van der Waals surface area contributed by atoms with E-state index in [0.29, 0.717) is 11.7 Å². The lowest BCUT2D eigenvalue weighted by Crippen LogP contribution is -2.55. The Labute approximate surface area is 118 Å². The van der Waals surface area contributed by atoms with Crippen LogP contribution in [0, 0.1) is 0 Å². The summed E-state index contributed by atoms with van der Waals surface area (Å²) in [6.07, 6.45) is 0. The van der Waals surface area contributed by atoms with Gasteiger partial charge in [-0.05, 0) is 13.5 Å². The first-order chi connectivity index (χ1) is 8.78. The van der Waals surface area contributed by atoms with E-state index in [4.69, 9.17) is 27.2 Å². The summed E-state index contributed by atoms with van der Waals surface area (Å²) in [6.45, 7) is 3.86. The molecule has 0 saturated heterocycles. The fourth-order valence-corrected chi connectivity index (χ4v) is 10.5. The lowest BCUT2D eigenvalue weighted by molar-refractivity contribution is -0.182. The van der Waals surface area contributed by atoms with Gasteiger partial charge in [-0.3, -0.25) is 0 Å². The molecule has 0 aliphatic heterocycles. The van der Waals surface area contributed by atoms with Gasteiger partial charge in [-0.25, -0.2) is 0 Å². The van der Waals surface area contributed by atoms with Crippen LogP contribution in [0.15, 0.2) is 0 Å². The van der Waals surface area contributed by atoms with Crippen molar-refractivity contribution in [1.29, 1.82) is 0 Å². The van der Waals surface area contributed by atoms with Crippen molar-refractivity contribution < 1.29 is 27.2 Å². The first kappa shape index (κ1) is 19.2. The number of hydrogen-bond acceptors (Lipinski definition) is 6. The van der Waals surface area contributed by atoms with E-state index in [1.54, 1.807) is 42.7 Å². The highest BCUT2D eigenvalue weighted by Gasteiger charge is 2.51. The summed E-state index contributed by atoms with van der Waals surface area (Å²) in [5.74, 6) is -0.741. The van der Waals surface area contributed by atoms with Crippen molar-refractivity contribution in [2.45, 2.75) is 31.0 Å². The highest BCUT2D eigenvalue weighted by Crippen LogP contribution is 2.32. The smallest absolute Gasteiger partial charge is 0.344 e. The van der Waals surface area contributed by atoms with Crippen LogP contribution in [0.5, 0.6) is 0 Å². The van der Waals surface area contributed by atoms with Gasteiger partial charge in [0, 0.05) is 54.4 Å². The second-order valence-electron chi connectivity index (χ2n) is 4.76. The maximum atomic E-state index is 5.72. The first-order valence-corrected chi connectivity index (χ1v) is 10.8. The molecule has 0 bridgehead atoms. The molecule has 0 radical (unpaired) electrons. The molecule has 0 unspecified atom stereocenters. The molecule has 0 aliphatic carbocycles. The quantitative estimate of drug-likeness (QED) is 0.451. The second-order valence-corrected chi connectivity index (χ2v) is 12.2. The monoisotopic (exact) mass is 312 g/mol. The van der Waals surface area contributed by atoms with E-state index in [9.17, 15) is 0 Å². The van der Waals surface area contributed by atoms with Crippen molar-refractivity contribution in [2.75, 3.05) is 42.7 Å². The fourth-order valence-electron chi connectivity index (χ4n) is 1.87. The van der Waals surface area contributed by atoms with Crippen molar-refractivity contribution in [1.82, 2.24) is 0 Å².